The van der Waals surface area contributed by atoms with Crippen molar-refractivity contribution in [3.8, 4) is 0 Å². The van der Waals surface area contributed by atoms with Crippen LogP contribution in [0.25, 0.3) is 0 Å². The standard InChI is InChI=1S/C19H17Cl4N3O3/c1-10(2)29-24-9-13(18(27)25-16-5-3-11(20)7-14(16)22)19(28)26-17-6-4-12(21)8-15(17)23/h3-10,13H,1-2H3,(H,25,27)(H,26,28). The molecule has 2 amide bonds. The molecule has 0 spiro atoms. The van der Waals surface area contributed by atoms with E-state index in [1.165, 1.54) is 24.3 Å². The molecule has 0 aliphatic heterocycles. The fraction of sp³-hybridized carbons (Fsp3) is 0.211. The number of rotatable bonds is 7. The van der Waals surface area contributed by atoms with Crippen molar-refractivity contribution in [3.05, 3.63) is 56.5 Å². The molecule has 2 rings (SSSR count). The van der Waals surface area contributed by atoms with Crippen LogP contribution in [0.4, 0.5) is 11.4 Å². The lowest BCUT2D eigenvalue weighted by Crippen LogP contribution is -2.35. The van der Waals surface area contributed by atoms with Crippen LogP contribution in [0.1, 0.15) is 13.8 Å². The molecule has 10 heteroatoms. The number of hydrogen-bond acceptors (Lipinski definition) is 4. The first kappa shape index (κ1) is 23.3. The minimum absolute atomic E-state index is 0.223. The number of oxime groups is 1. The number of carbonyl (C=O) groups is 2. The number of nitrogens with zero attached hydrogens (tertiary/aromatic N) is 1. The van der Waals surface area contributed by atoms with E-state index in [0.29, 0.717) is 21.4 Å². The molecule has 2 aromatic carbocycles. The summed E-state index contributed by atoms with van der Waals surface area (Å²) in [6.07, 6.45) is 0.868. The van der Waals surface area contributed by atoms with Gasteiger partial charge in [-0.25, -0.2) is 0 Å². The molecule has 2 aromatic rings. The van der Waals surface area contributed by atoms with Crippen LogP contribution in [0.2, 0.25) is 20.1 Å². The van der Waals surface area contributed by atoms with Crippen LogP contribution in [0.15, 0.2) is 41.6 Å². The molecule has 2 N–H and O–H groups in total. The van der Waals surface area contributed by atoms with Crippen molar-refractivity contribution in [1.29, 1.82) is 0 Å². The Balaban J connectivity index is 2.23. The van der Waals surface area contributed by atoms with Gasteiger partial charge in [-0.3, -0.25) is 9.59 Å². The van der Waals surface area contributed by atoms with Crippen LogP contribution in [-0.4, -0.2) is 24.1 Å². The number of nitrogens with one attached hydrogen (secondary N) is 2. The van der Waals surface area contributed by atoms with Crippen LogP contribution in [0, 0.1) is 5.92 Å². The highest BCUT2D eigenvalue weighted by molar-refractivity contribution is 6.38. The minimum atomic E-state index is -1.33. The Labute approximate surface area is 188 Å². The molecule has 0 unspecified atom stereocenters. The van der Waals surface area contributed by atoms with Crippen LogP contribution in [0.3, 0.4) is 0 Å². The fourth-order valence-electron chi connectivity index (χ4n) is 2.07. The molecule has 0 aromatic heterocycles. The maximum absolute atomic E-state index is 12.7. The molecule has 154 valence electrons. The van der Waals surface area contributed by atoms with Gasteiger partial charge in [0.15, 0.2) is 5.92 Å². The Morgan fingerprint density at radius 3 is 1.72 bits per heavy atom. The van der Waals surface area contributed by atoms with Crippen molar-refractivity contribution in [3.63, 3.8) is 0 Å². The van der Waals surface area contributed by atoms with Crippen LogP contribution in [-0.2, 0) is 14.4 Å². The summed E-state index contributed by atoms with van der Waals surface area (Å²) in [5.74, 6) is -2.67. The van der Waals surface area contributed by atoms with Gasteiger partial charge in [0, 0.05) is 10.0 Å². The van der Waals surface area contributed by atoms with Crippen molar-refractivity contribution in [2.24, 2.45) is 11.1 Å². The molecular weight excluding hydrogens is 460 g/mol. The number of anilines is 2. The monoisotopic (exact) mass is 475 g/mol. The number of benzene rings is 2. The van der Waals surface area contributed by atoms with E-state index >= 15 is 0 Å². The summed E-state index contributed by atoms with van der Waals surface area (Å²) >= 11 is 23.9. The van der Waals surface area contributed by atoms with Crippen molar-refractivity contribution >= 4 is 75.8 Å². The molecule has 6 nitrogen and oxygen atoms in total. The Morgan fingerprint density at radius 2 is 1.34 bits per heavy atom. The lowest BCUT2D eigenvalue weighted by Gasteiger charge is -2.15. The van der Waals surface area contributed by atoms with Crippen LogP contribution >= 0.6 is 46.4 Å². The smallest absolute Gasteiger partial charge is 0.242 e. The fourth-order valence-corrected chi connectivity index (χ4v) is 2.99. The first-order chi connectivity index (χ1) is 13.7. The zero-order valence-electron chi connectivity index (χ0n) is 15.4. The molecule has 0 fully saturated rings. The molecule has 0 heterocycles. The summed E-state index contributed by atoms with van der Waals surface area (Å²) in [5, 5.41) is 10.1. The first-order valence-electron chi connectivity index (χ1n) is 8.38. The van der Waals surface area contributed by atoms with Gasteiger partial charge in [-0.15, -0.1) is 0 Å². The average molecular weight is 477 g/mol. The Morgan fingerprint density at radius 1 is 0.897 bits per heavy atom. The largest absolute Gasteiger partial charge is 0.393 e. The molecule has 0 aliphatic rings. The van der Waals surface area contributed by atoms with Crippen LogP contribution in [0.5, 0.6) is 0 Å². The molecule has 0 bridgehead atoms. The third-order valence-electron chi connectivity index (χ3n) is 3.42. The van der Waals surface area contributed by atoms with E-state index in [4.69, 9.17) is 51.2 Å². The van der Waals surface area contributed by atoms with Gasteiger partial charge in [0.2, 0.25) is 11.8 Å². The number of carbonyl (C=O) groups excluding carboxylic acids is 2. The van der Waals surface area contributed by atoms with Gasteiger partial charge in [-0.1, -0.05) is 51.6 Å². The second-order valence-corrected chi connectivity index (χ2v) is 7.80. The zero-order valence-corrected chi connectivity index (χ0v) is 18.4. The maximum Gasteiger partial charge on any atom is 0.242 e. The van der Waals surface area contributed by atoms with Crippen molar-refractivity contribution in [1.82, 2.24) is 0 Å². The normalized spacial score (nSPS) is 11.2. The summed E-state index contributed by atoms with van der Waals surface area (Å²) < 4.78 is 0. The molecule has 0 atom stereocenters. The van der Waals surface area contributed by atoms with Crippen molar-refractivity contribution in [2.75, 3.05) is 10.6 Å². The van der Waals surface area contributed by atoms with Gasteiger partial charge in [-0.2, -0.15) is 0 Å². The quantitative estimate of drug-likeness (QED) is 0.296. The van der Waals surface area contributed by atoms with E-state index in [9.17, 15) is 9.59 Å². The van der Waals surface area contributed by atoms with E-state index in [0.717, 1.165) is 6.21 Å². The summed E-state index contributed by atoms with van der Waals surface area (Å²) in [6, 6.07) is 9.10. The molecule has 0 saturated heterocycles. The van der Waals surface area contributed by atoms with Gasteiger partial charge < -0.3 is 15.5 Å². The Hall–Kier alpha value is -1.99. The number of halogens is 4. The third kappa shape index (κ3) is 7.08. The molecule has 0 aliphatic carbocycles. The van der Waals surface area contributed by atoms with E-state index in [-0.39, 0.29) is 16.1 Å². The molecule has 29 heavy (non-hydrogen) atoms. The average Bonchev–Trinajstić information content (AvgIpc) is 2.63. The molecule has 0 saturated carbocycles. The molecule has 0 radical (unpaired) electrons. The van der Waals surface area contributed by atoms with Crippen molar-refractivity contribution in [2.45, 2.75) is 20.0 Å². The summed E-state index contributed by atoms with van der Waals surface area (Å²) in [4.78, 5) is 30.5. The van der Waals surface area contributed by atoms with Gasteiger partial charge in [-0.05, 0) is 50.2 Å². The van der Waals surface area contributed by atoms with E-state index in [1.807, 2.05) is 0 Å². The Kier molecular flexibility index (Phi) is 8.59. The molecular formula is C19H17Cl4N3O3. The predicted octanol–water partition coefficient (Wildman–Crippen LogP) is 5.90. The lowest BCUT2D eigenvalue weighted by atomic mass is 10.1. The minimum Gasteiger partial charge on any atom is -0.393 e. The number of amides is 2. The maximum atomic E-state index is 12.7. The van der Waals surface area contributed by atoms with E-state index < -0.39 is 17.7 Å². The summed E-state index contributed by atoms with van der Waals surface area (Å²) in [5.41, 5.74) is 0.586. The van der Waals surface area contributed by atoms with Crippen LogP contribution < -0.4 is 10.6 Å². The second-order valence-electron chi connectivity index (χ2n) is 6.11. The van der Waals surface area contributed by atoms with Gasteiger partial charge in [0.25, 0.3) is 0 Å². The third-order valence-corrected chi connectivity index (χ3v) is 4.52. The number of hydrogen-bond donors (Lipinski definition) is 2. The highest BCUT2D eigenvalue weighted by Crippen LogP contribution is 2.27. The van der Waals surface area contributed by atoms with E-state index in [1.54, 1.807) is 26.0 Å². The predicted molar refractivity (Wildman–Crippen MR) is 118 cm³/mol. The SMILES string of the molecule is CC(C)ON=CC(C(=O)Nc1ccc(Cl)cc1Cl)C(=O)Nc1ccc(Cl)cc1Cl. The Bertz CT molecular complexity index is 869. The highest BCUT2D eigenvalue weighted by Gasteiger charge is 2.27. The topological polar surface area (TPSA) is 79.8 Å². The van der Waals surface area contributed by atoms with Gasteiger partial charge >= 0.3 is 0 Å². The zero-order chi connectivity index (χ0) is 21.6. The summed E-state index contributed by atoms with van der Waals surface area (Å²) in [6.45, 7) is 3.51. The van der Waals surface area contributed by atoms with E-state index in [2.05, 4.69) is 15.8 Å². The van der Waals surface area contributed by atoms with Gasteiger partial charge in [0.05, 0.1) is 27.6 Å². The van der Waals surface area contributed by atoms with Gasteiger partial charge in [0.1, 0.15) is 6.10 Å². The summed E-state index contributed by atoms with van der Waals surface area (Å²) in [7, 11) is 0. The lowest BCUT2D eigenvalue weighted by molar-refractivity contribution is -0.126. The second kappa shape index (κ2) is 10.7. The highest BCUT2D eigenvalue weighted by atomic mass is 35.5. The van der Waals surface area contributed by atoms with Crippen molar-refractivity contribution < 1.29 is 14.4 Å². The first-order valence-corrected chi connectivity index (χ1v) is 9.89.